The van der Waals surface area contributed by atoms with Crippen LogP contribution in [-0.4, -0.2) is 5.78 Å². The fraction of sp³-hybridized carbons (Fsp3) is 0.263. The van der Waals surface area contributed by atoms with Crippen LogP contribution in [0.5, 0.6) is 0 Å². The van der Waals surface area contributed by atoms with Crippen LogP contribution in [0, 0.1) is 11.3 Å². The third-order valence-electron chi connectivity index (χ3n) is 3.47. The van der Waals surface area contributed by atoms with Crippen molar-refractivity contribution in [2.75, 3.05) is 0 Å². The molecule has 2 nitrogen and oxygen atoms in total. The molecule has 0 radical (unpaired) electrons. The first-order valence-electron chi connectivity index (χ1n) is 7.03. The van der Waals surface area contributed by atoms with Gasteiger partial charge in [0, 0.05) is 12.0 Å². The van der Waals surface area contributed by atoms with Crippen LogP contribution >= 0.6 is 0 Å². The normalized spacial score (nSPS) is 11.0. The van der Waals surface area contributed by atoms with Crippen molar-refractivity contribution in [2.45, 2.75) is 32.6 Å². The Morgan fingerprint density at radius 2 is 1.81 bits per heavy atom. The molecule has 0 amide bonds. The van der Waals surface area contributed by atoms with Crippen LogP contribution in [0.4, 0.5) is 0 Å². The van der Waals surface area contributed by atoms with E-state index in [1.54, 1.807) is 12.1 Å². The van der Waals surface area contributed by atoms with Gasteiger partial charge >= 0.3 is 0 Å². The Morgan fingerprint density at radius 1 is 1.10 bits per heavy atom. The van der Waals surface area contributed by atoms with Crippen molar-refractivity contribution in [1.82, 2.24) is 0 Å². The Bertz CT molecular complexity index is 702. The topological polar surface area (TPSA) is 40.9 Å². The predicted molar refractivity (Wildman–Crippen MR) is 84.3 cm³/mol. The molecule has 0 saturated heterocycles. The lowest BCUT2D eigenvalue weighted by molar-refractivity contribution is 0.0993. The number of hydrogen-bond acceptors (Lipinski definition) is 2. The van der Waals surface area contributed by atoms with E-state index in [0.29, 0.717) is 12.0 Å². The molecule has 2 heteroatoms. The van der Waals surface area contributed by atoms with Gasteiger partial charge in [-0.25, -0.2) is 0 Å². The van der Waals surface area contributed by atoms with Crippen LogP contribution in [0.25, 0.3) is 0 Å². The summed E-state index contributed by atoms with van der Waals surface area (Å²) < 4.78 is 0. The predicted octanol–water partition coefficient (Wildman–Crippen LogP) is 4.28. The molecule has 0 saturated carbocycles. The van der Waals surface area contributed by atoms with E-state index in [4.69, 9.17) is 5.26 Å². The van der Waals surface area contributed by atoms with Gasteiger partial charge in [0.2, 0.25) is 0 Å². The zero-order valence-corrected chi connectivity index (χ0v) is 12.7. The quantitative estimate of drug-likeness (QED) is 0.786. The summed E-state index contributed by atoms with van der Waals surface area (Å²) in [4.78, 5) is 12.4. The Kier molecular flexibility index (Phi) is 4.23. The molecule has 0 fully saturated rings. The maximum Gasteiger partial charge on any atom is 0.167 e. The van der Waals surface area contributed by atoms with Gasteiger partial charge in [0.1, 0.15) is 0 Å². The summed E-state index contributed by atoms with van der Waals surface area (Å²) in [5, 5.41) is 8.90. The van der Waals surface area contributed by atoms with E-state index in [1.807, 2.05) is 36.4 Å². The molecule has 0 N–H and O–H groups in total. The van der Waals surface area contributed by atoms with Gasteiger partial charge in [-0.05, 0) is 34.7 Å². The molecule has 0 aliphatic heterocycles. The summed E-state index contributed by atoms with van der Waals surface area (Å²) in [7, 11) is 0. The number of nitriles is 1. The second kappa shape index (κ2) is 5.93. The largest absolute Gasteiger partial charge is 0.294 e. The molecule has 0 unspecified atom stereocenters. The maximum atomic E-state index is 12.4. The van der Waals surface area contributed by atoms with Crippen molar-refractivity contribution >= 4 is 5.78 Å². The average molecular weight is 277 g/mol. The second-order valence-corrected chi connectivity index (χ2v) is 6.24. The number of hydrogen-bond donors (Lipinski definition) is 0. The number of carbonyl (C=O) groups is 1. The van der Waals surface area contributed by atoms with Gasteiger partial charge in [-0.2, -0.15) is 5.26 Å². The fourth-order valence-corrected chi connectivity index (χ4v) is 2.20. The lowest BCUT2D eigenvalue weighted by Crippen LogP contribution is -2.12. The average Bonchev–Trinajstić information content (AvgIpc) is 2.46. The molecule has 0 bridgehead atoms. The maximum absolute atomic E-state index is 12.4. The highest BCUT2D eigenvalue weighted by molar-refractivity contribution is 5.97. The van der Waals surface area contributed by atoms with E-state index < -0.39 is 0 Å². The number of Topliss-reactive ketones (excluding diaryl/α,β-unsaturated/α-hetero) is 1. The van der Waals surface area contributed by atoms with Gasteiger partial charge in [0.25, 0.3) is 0 Å². The monoisotopic (exact) mass is 277 g/mol. The number of nitrogens with zero attached hydrogens (tertiary/aromatic N) is 1. The van der Waals surface area contributed by atoms with Crippen molar-refractivity contribution in [3.63, 3.8) is 0 Å². The summed E-state index contributed by atoms with van der Waals surface area (Å²) in [6.45, 7) is 6.40. The standard InChI is InChI=1S/C19H19NO/c1-19(2,3)17-9-5-8-16(12-17)18(21)11-14-6-4-7-15(10-14)13-20/h4-10,12H,11H2,1-3H3. The van der Waals surface area contributed by atoms with E-state index >= 15 is 0 Å². The van der Waals surface area contributed by atoms with E-state index in [1.165, 1.54) is 0 Å². The molecule has 2 aromatic carbocycles. The van der Waals surface area contributed by atoms with E-state index in [-0.39, 0.29) is 11.2 Å². The highest BCUT2D eigenvalue weighted by Crippen LogP contribution is 2.23. The number of rotatable bonds is 3. The zero-order valence-electron chi connectivity index (χ0n) is 12.7. The summed E-state index contributed by atoms with van der Waals surface area (Å²) in [6, 6.07) is 17.1. The Hall–Kier alpha value is -2.40. The number of carbonyl (C=O) groups excluding carboxylic acids is 1. The fourth-order valence-electron chi connectivity index (χ4n) is 2.20. The van der Waals surface area contributed by atoms with Crippen molar-refractivity contribution in [3.8, 4) is 6.07 Å². The molecule has 2 rings (SSSR count). The molecule has 106 valence electrons. The van der Waals surface area contributed by atoms with Crippen molar-refractivity contribution in [2.24, 2.45) is 0 Å². The summed E-state index contributed by atoms with van der Waals surface area (Å²) in [5.74, 6) is 0.0798. The SMILES string of the molecule is CC(C)(C)c1cccc(C(=O)Cc2cccc(C#N)c2)c1. The Labute approximate surface area is 126 Å². The van der Waals surface area contributed by atoms with Gasteiger partial charge in [0.15, 0.2) is 5.78 Å². The van der Waals surface area contributed by atoms with Crippen LogP contribution in [0.3, 0.4) is 0 Å². The molecule has 0 spiro atoms. The molecule has 0 aliphatic carbocycles. The van der Waals surface area contributed by atoms with Gasteiger partial charge in [-0.15, -0.1) is 0 Å². The summed E-state index contributed by atoms with van der Waals surface area (Å²) >= 11 is 0. The van der Waals surface area contributed by atoms with Crippen LogP contribution in [-0.2, 0) is 11.8 Å². The summed E-state index contributed by atoms with van der Waals surface area (Å²) in [5.41, 5.74) is 3.37. The van der Waals surface area contributed by atoms with Crippen molar-refractivity contribution < 1.29 is 4.79 Å². The molecular weight excluding hydrogens is 258 g/mol. The lowest BCUT2D eigenvalue weighted by Gasteiger charge is -2.19. The first-order valence-corrected chi connectivity index (χ1v) is 7.03. The van der Waals surface area contributed by atoms with Crippen LogP contribution in [0.1, 0.15) is 47.8 Å². The van der Waals surface area contributed by atoms with Crippen molar-refractivity contribution in [1.29, 1.82) is 5.26 Å². The third-order valence-corrected chi connectivity index (χ3v) is 3.47. The lowest BCUT2D eigenvalue weighted by atomic mass is 9.85. The molecule has 2 aromatic rings. The highest BCUT2D eigenvalue weighted by Gasteiger charge is 2.15. The van der Waals surface area contributed by atoms with Crippen molar-refractivity contribution in [3.05, 3.63) is 70.8 Å². The first kappa shape index (κ1) is 15.0. The minimum absolute atomic E-state index is 0.0248. The minimum atomic E-state index is 0.0248. The van der Waals surface area contributed by atoms with Crippen LogP contribution < -0.4 is 0 Å². The number of benzene rings is 2. The number of ketones is 1. The zero-order chi connectivity index (χ0) is 15.5. The Balaban J connectivity index is 2.23. The second-order valence-electron chi connectivity index (χ2n) is 6.24. The molecule has 0 aliphatic rings. The molecule has 21 heavy (non-hydrogen) atoms. The Morgan fingerprint density at radius 3 is 2.48 bits per heavy atom. The molecule has 0 atom stereocenters. The van der Waals surface area contributed by atoms with Crippen LogP contribution in [0.2, 0.25) is 0 Å². The van der Waals surface area contributed by atoms with E-state index in [9.17, 15) is 4.79 Å². The van der Waals surface area contributed by atoms with Gasteiger partial charge in [-0.1, -0.05) is 51.1 Å². The first-order chi connectivity index (χ1) is 9.90. The highest BCUT2D eigenvalue weighted by atomic mass is 16.1. The molecule has 0 heterocycles. The van der Waals surface area contributed by atoms with E-state index in [2.05, 4.69) is 26.8 Å². The van der Waals surface area contributed by atoms with Gasteiger partial charge in [-0.3, -0.25) is 4.79 Å². The smallest absolute Gasteiger partial charge is 0.167 e. The van der Waals surface area contributed by atoms with Gasteiger partial charge < -0.3 is 0 Å². The van der Waals surface area contributed by atoms with Gasteiger partial charge in [0.05, 0.1) is 11.6 Å². The summed E-state index contributed by atoms with van der Waals surface area (Å²) in [6.07, 6.45) is 0.323. The third kappa shape index (κ3) is 3.79. The molecular formula is C19H19NO. The molecule has 0 aromatic heterocycles. The van der Waals surface area contributed by atoms with E-state index in [0.717, 1.165) is 16.7 Å². The van der Waals surface area contributed by atoms with Crippen LogP contribution in [0.15, 0.2) is 48.5 Å². The minimum Gasteiger partial charge on any atom is -0.294 e.